The standard InChI is InChI=1S/C19H17F3N2O4/c1-11(25)23-15(12-5-3-2-4-6-12)9-17(27)28-10-16(26)24-14-8-7-13(20)18(21)19(14)22/h2-8,15H,9-10H2,1H3,(H,23,25)(H,24,26)/t15-/m1/s1. The zero-order chi connectivity index (χ0) is 20.7. The Balaban J connectivity index is 1.92. The summed E-state index contributed by atoms with van der Waals surface area (Å²) >= 11 is 0. The average Bonchev–Trinajstić information content (AvgIpc) is 2.67. The molecule has 2 aromatic rings. The molecule has 28 heavy (non-hydrogen) atoms. The van der Waals surface area contributed by atoms with Crippen LogP contribution in [0.2, 0.25) is 0 Å². The number of nitrogens with one attached hydrogen (secondary N) is 2. The minimum atomic E-state index is -1.73. The highest BCUT2D eigenvalue weighted by Gasteiger charge is 2.20. The van der Waals surface area contributed by atoms with Crippen molar-refractivity contribution < 1.29 is 32.3 Å². The molecule has 0 unspecified atom stereocenters. The molecule has 0 heterocycles. The Kier molecular flexibility index (Phi) is 7.14. The number of anilines is 1. The molecule has 0 saturated carbocycles. The first kappa shape index (κ1) is 20.9. The third-order valence-electron chi connectivity index (χ3n) is 3.62. The van der Waals surface area contributed by atoms with E-state index in [1.54, 1.807) is 30.3 Å². The molecule has 0 spiro atoms. The summed E-state index contributed by atoms with van der Waals surface area (Å²) in [6.45, 7) is 0.532. The van der Waals surface area contributed by atoms with Crippen LogP contribution in [0.25, 0.3) is 0 Å². The lowest BCUT2D eigenvalue weighted by atomic mass is 10.0. The van der Waals surface area contributed by atoms with Crippen molar-refractivity contribution in [3.8, 4) is 0 Å². The van der Waals surface area contributed by atoms with Crippen molar-refractivity contribution in [1.29, 1.82) is 0 Å². The first-order valence-corrected chi connectivity index (χ1v) is 8.19. The number of amides is 2. The number of carbonyl (C=O) groups excluding carboxylic acids is 3. The van der Waals surface area contributed by atoms with Gasteiger partial charge in [-0.2, -0.15) is 0 Å². The molecule has 0 aliphatic carbocycles. The molecule has 0 radical (unpaired) electrons. The van der Waals surface area contributed by atoms with Crippen molar-refractivity contribution in [3.05, 3.63) is 65.5 Å². The van der Waals surface area contributed by atoms with Gasteiger partial charge in [0, 0.05) is 6.92 Å². The first-order chi connectivity index (χ1) is 13.3. The van der Waals surface area contributed by atoms with Crippen LogP contribution in [-0.4, -0.2) is 24.4 Å². The second kappa shape index (κ2) is 9.54. The van der Waals surface area contributed by atoms with Crippen LogP contribution in [0.15, 0.2) is 42.5 Å². The van der Waals surface area contributed by atoms with Gasteiger partial charge < -0.3 is 15.4 Å². The number of ether oxygens (including phenoxy) is 1. The van der Waals surface area contributed by atoms with Gasteiger partial charge in [-0.1, -0.05) is 30.3 Å². The Morgan fingerprint density at radius 1 is 1.00 bits per heavy atom. The highest BCUT2D eigenvalue weighted by molar-refractivity contribution is 5.93. The fraction of sp³-hybridized carbons (Fsp3) is 0.211. The van der Waals surface area contributed by atoms with Crippen LogP contribution >= 0.6 is 0 Å². The van der Waals surface area contributed by atoms with Crippen LogP contribution in [0.4, 0.5) is 18.9 Å². The highest BCUT2D eigenvalue weighted by atomic mass is 19.2. The van der Waals surface area contributed by atoms with Crippen LogP contribution in [0.3, 0.4) is 0 Å². The van der Waals surface area contributed by atoms with E-state index in [9.17, 15) is 27.6 Å². The number of hydrogen-bond donors (Lipinski definition) is 2. The van der Waals surface area contributed by atoms with E-state index < -0.39 is 47.7 Å². The summed E-state index contributed by atoms with van der Waals surface area (Å²) in [4.78, 5) is 35.1. The lowest BCUT2D eigenvalue weighted by Gasteiger charge is -2.17. The van der Waals surface area contributed by atoms with Crippen molar-refractivity contribution >= 4 is 23.5 Å². The quantitative estimate of drug-likeness (QED) is 0.559. The molecule has 0 aliphatic rings. The predicted molar refractivity (Wildman–Crippen MR) is 93.5 cm³/mol. The number of esters is 1. The van der Waals surface area contributed by atoms with E-state index in [-0.39, 0.29) is 12.3 Å². The number of benzene rings is 2. The Morgan fingerprint density at radius 3 is 2.32 bits per heavy atom. The number of rotatable bonds is 7. The third kappa shape index (κ3) is 5.83. The van der Waals surface area contributed by atoms with Gasteiger partial charge in [0.25, 0.3) is 5.91 Å². The van der Waals surface area contributed by atoms with E-state index in [0.717, 1.165) is 6.07 Å². The topological polar surface area (TPSA) is 84.5 Å². The summed E-state index contributed by atoms with van der Waals surface area (Å²) in [6.07, 6.45) is -0.240. The monoisotopic (exact) mass is 394 g/mol. The Bertz CT molecular complexity index is 875. The van der Waals surface area contributed by atoms with Gasteiger partial charge in [0.05, 0.1) is 18.2 Å². The van der Waals surface area contributed by atoms with Gasteiger partial charge in [0.2, 0.25) is 5.91 Å². The molecule has 2 N–H and O–H groups in total. The fourth-order valence-electron chi connectivity index (χ4n) is 2.36. The molecule has 148 valence electrons. The zero-order valence-electron chi connectivity index (χ0n) is 14.8. The maximum absolute atomic E-state index is 13.5. The van der Waals surface area contributed by atoms with E-state index in [4.69, 9.17) is 4.74 Å². The molecule has 2 amide bonds. The summed E-state index contributed by atoms with van der Waals surface area (Å²) < 4.78 is 44.4. The molecule has 2 aromatic carbocycles. The smallest absolute Gasteiger partial charge is 0.308 e. The number of halogens is 3. The lowest BCUT2D eigenvalue weighted by Crippen LogP contribution is -2.29. The van der Waals surface area contributed by atoms with Crippen molar-refractivity contribution in [2.45, 2.75) is 19.4 Å². The zero-order valence-corrected chi connectivity index (χ0v) is 14.8. The summed E-state index contributed by atoms with van der Waals surface area (Å²) in [5.41, 5.74) is 0.0864. The largest absolute Gasteiger partial charge is 0.455 e. The van der Waals surface area contributed by atoms with Crippen molar-refractivity contribution in [3.63, 3.8) is 0 Å². The minimum Gasteiger partial charge on any atom is -0.455 e. The number of carbonyl (C=O) groups is 3. The van der Waals surface area contributed by atoms with Crippen molar-refractivity contribution in [2.24, 2.45) is 0 Å². The summed E-state index contributed by atoms with van der Waals surface area (Å²) in [7, 11) is 0. The molecule has 1 atom stereocenters. The molecule has 9 heteroatoms. The van der Waals surface area contributed by atoms with Crippen molar-refractivity contribution in [2.75, 3.05) is 11.9 Å². The van der Waals surface area contributed by atoms with E-state index in [2.05, 4.69) is 5.32 Å². The second-order valence-electron chi connectivity index (χ2n) is 5.80. The number of hydrogen-bond acceptors (Lipinski definition) is 4. The minimum absolute atomic E-state index is 0.240. The molecule has 0 aromatic heterocycles. The maximum Gasteiger partial charge on any atom is 0.308 e. The Labute approximate surface area is 158 Å². The predicted octanol–water partition coefficient (Wildman–Crippen LogP) is 2.85. The molecular weight excluding hydrogens is 377 g/mol. The highest BCUT2D eigenvalue weighted by Crippen LogP contribution is 2.20. The second-order valence-corrected chi connectivity index (χ2v) is 5.80. The van der Waals surface area contributed by atoms with Gasteiger partial charge in [-0.25, -0.2) is 13.2 Å². The van der Waals surface area contributed by atoms with Gasteiger partial charge in [0.1, 0.15) is 0 Å². The summed E-state index contributed by atoms with van der Waals surface area (Å²) in [5.74, 6) is -6.76. The summed E-state index contributed by atoms with van der Waals surface area (Å²) in [6, 6.07) is 9.51. The molecule has 0 saturated heterocycles. The molecule has 0 fully saturated rings. The van der Waals surface area contributed by atoms with E-state index in [1.165, 1.54) is 6.92 Å². The normalized spacial score (nSPS) is 11.4. The van der Waals surface area contributed by atoms with E-state index in [1.807, 2.05) is 5.32 Å². The van der Waals surface area contributed by atoms with Gasteiger partial charge in [-0.05, 0) is 17.7 Å². The molecule has 2 rings (SSSR count). The molecule has 6 nitrogen and oxygen atoms in total. The summed E-state index contributed by atoms with van der Waals surface area (Å²) in [5, 5.41) is 4.59. The van der Waals surface area contributed by atoms with Gasteiger partial charge in [-0.3, -0.25) is 14.4 Å². The average molecular weight is 394 g/mol. The molecule has 0 aliphatic heterocycles. The van der Waals surface area contributed by atoms with Gasteiger partial charge in [0.15, 0.2) is 24.1 Å². The van der Waals surface area contributed by atoms with E-state index >= 15 is 0 Å². The molecular formula is C19H17F3N2O4. The van der Waals surface area contributed by atoms with Gasteiger partial charge >= 0.3 is 5.97 Å². The van der Waals surface area contributed by atoms with E-state index in [0.29, 0.717) is 11.6 Å². The fourth-order valence-corrected chi connectivity index (χ4v) is 2.36. The maximum atomic E-state index is 13.5. The van der Waals surface area contributed by atoms with Crippen LogP contribution in [0.1, 0.15) is 24.9 Å². The van der Waals surface area contributed by atoms with Crippen LogP contribution in [0.5, 0.6) is 0 Å². The third-order valence-corrected chi connectivity index (χ3v) is 3.62. The lowest BCUT2D eigenvalue weighted by molar-refractivity contribution is -0.148. The first-order valence-electron chi connectivity index (χ1n) is 8.19. The Hall–Kier alpha value is -3.36. The SMILES string of the molecule is CC(=O)N[C@H](CC(=O)OCC(=O)Nc1ccc(F)c(F)c1F)c1ccccc1. The van der Waals surface area contributed by atoms with Crippen LogP contribution < -0.4 is 10.6 Å². The van der Waals surface area contributed by atoms with Crippen molar-refractivity contribution in [1.82, 2.24) is 5.32 Å². The van der Waals surface area contributed by atoms with Gasteiger partial charge in [-0.15, -0.1) is 0 Å². The molecule has 0 bridgehead atoms. The van der Waals surface area contributed by atoms with Crippen LogP contribution in [-0.2, 0) is 19.1 Å². The Morgan fingerprint density at radius 2 is 1.68 bits per heavy atom. The van der Waals surface area contributed by atoms with Crippen LogP contribution in [0, 0.1) is 17.5 Å².